The fourth-order valence-electron chi connectivity index (χ4n) is 3.81. The largest absolute Gasteiger partial charge is 0.444 e. The average molecular weight is 381 g/mol. The van der Waals surface area contributed by atoms with E-state index in [2.05, 4.69) is 21.1 Å². The van der Waals surface area contributed by atoms with Crippen molar-refractivity contribution >= 4 is 17.1 Å². The molecule has 0 bridgehead atoms. The number of carbonyl (C=O) groups is 1. The molecular weight excluding hydrogens is 354 g/mol. The predicted octanol–water partition coefficient (Wildman–Crippen LogP) is 4.08. The first-order valence-corrected chi connectivity index (χ1v) is 9.74. The van der Waals surface area contributed by atoms with Gasteiger partial charge in [-0.25, -0.2) is 9.78 Å². The Morgan fingerprint density at radius 2 is 2.11 bits per heavy atom. The highest BCUT2D eigenvalue weighted by Gasteiger charge is 2.29. The number of ether oxygens (including phenoxy) is 1. The first-order valence-electron chi connectivity index (χ1n) is 9.74. The van der Waals surface area contributed by atoms with Crippen molar-refractivity contribution in [2.24, 2.45) is 7.05 Å². The van der Waals surface area contributed by atoms with Gasteiger partial charge < -0.3 is 14.6 Å². The molecule has 1 unspecified atom stereocenters. The third-order valence-electron chi connectivity index (χ3n) is 5.11. The van der Waals surface area contributed by atoms with Crippen molar-refractivity contribution in [2.75, 3.05) is 13.1 Å². The minimum Gasteiger partial charge on any atom is -0.444 e. The summed E-state index contributed by atoms with van der Waals surface area (Å²) in [5, 5.41) is 5.36. The predicted molar refractivity (Wildman–Crippen MR) is 108 cm³/mol. The summed E-state index contributed by atoms with van der Waals surface area (Å²) in [6, 6.07) is 2.16. The normalized spacial score (nSPS) is 17.9. The summed E-state index contributed by atoms with van der Waals surface area (Å²) in [5.74, 6) is 0.265. The van der Waals surface area contributed by atoms with Crippen LogP contribution in [-0.2, 0) is 11.8 Å². The summed E-state index contributed by atoms with van der Waals surface area (Å²) in [5.41, 5.74) is 3.69. The Kier molecular flexibility index (Phi) is 4.61. The molecule has 1 amide bonds. The Balaban J connectivity index is 1.60. The van der Waals surface area contributed by atoms with Crippen LogP contribution < -0.4 is 0 Å². The van der Waals surface area contributed by atoms with Gasteiger partial charge in [-0.1, -0.05) is 0 Å². The Bertz CT molecular complexity index is 998. The van der Waals surface area contributed by atoms with Gasteiger partial charge in [-0.3, -0.25) is 4.68 Å². The maximum absolute atomic E-state index is 12.5. The molecule has 0 radical (unpaired) electrons. The molecule has 1 N–H and O–H groups in total. The van der Waals surface area contributed by atoms with Crippen molar-refractivity contribution in [3.05, 3.63) is 36.4 Å². The van der Waals surface area contributed by atoms with Gasteiger partial charge in [0.25, 0.3) is 0 Å². The highest BCUT2D eigenvalue weighted by molar-refractivity contribution is 5.85. The molecule has 1 fully saturated rings. The Labute approximate surface area is 164 Å². The van der Waals surface area contributed by atoms with Crippen LogP contribution in [0.15, 0.2) is 30.9 Å². The van der Waals surface area contributed by atoms with Gasteiger partial charge in [0, 0.05) is 61.2 Å². The molecule has 3 aromatic heterocycles. The molecule has 4 rings (SSSR count). The van der Waals surface area contributed by atoms with Gasteiger partial charge in [0.05, 0.1) is 6.20 Å². The minimum absolute atomic E-state index is 0.230. The smallest absolute Gasteiger partial charge is 0.410 e. The third-order valence-corrected chi connectivity index (χ3v) is 5.11. The van der Waals surface area contributed by atoms with Crippen LogP contribution in [0.5, 0.6) is 0 Å². The van der Waals surface area contributed by atoms with Crippen LogP contribution in [0.25, 0.3) is 22.2 Å². The average Bonchev–Trinajstić information content (AvgIpc) is 3.26. The lowest BCUT2D eigenvalue weighted by Crippen LogP contribution is -2.42. The molecule has 4 heterocycles. The molecular formula is C21H27N5O2. The van der Waals surface area contributed by atoms with E-state index in [1.165, 1.54) is 5.56 Å². The molecule has 0 aliphatic carbocycles. The number of likely N-dealkylation sites (tertiary alicyclic amines) is 1. The number of amides is 1. The molecule has 0 saturated carbocycles. The van der Waals surface area contributed by atoms with Crippen LogP contribution in [0.3, 0.4) is 0 Å². The zero-order valence-electron chi connectivity index (χ0n) is 16.9. The number of hydrogen-bond acceptors (Lipinski definition) is 4. The lowest BCUT2D eigenvalue weighted by Gasteiger charge is -2.34. The van der Waals surface area contributed by atoms with Crippen LogP contribution in [0.2, 0.25) is 0 Å². The van der Waals surface area contributed by atoms with Crippen molar-refractivity contribution < 1.29 is 9.53 Å². The van der Waals surface area contributed by atoms with Gasteiger partial charge in [-0.2, -0.15) is 5.10 Å². The first kappa shape index (κ1) is 18.5. The monoisotopic (exact) mass is 381 g/mol. The molecule has 1 aliphatic heterocycles. The van der Waals surface area contributed by atoms with Crippen LogP contribution in [0.1, 0.15) is 45.1 Å². The van der Waals surface area contributed by atoms with Gasteiger partial charge in [0.15, 0.2) is 0 Å². The molecule has 1 atom stereocenters. The van der Waals surface area contributed by atoms with Crippen LogP contribution in [0, 0.1) is 0 Å². The van der Waals surface area contributed by atoms with Crippen molar-refractivity contribution in [3.63, 3.8) is 0 Å². The summed E-state index contributed by atoms with van der Waals surface area (Å²) < 4.78 is 7.36. The van der Waals surface area contributed by atoms with E-state index in [1.807, 2.05) is 57.5 Å². The molecule has 3 aromatic rings. The number of aromatic nitrogens is 4. The molecule has 7 heteroatoms. The van der Waals surface area contributed by atoms with E-state index in [-0.39, 0.29) is 12.0 Å². The molecule has 0 spiro atoms. The highest BCUT2D eigenvalue weighted by Crippen LogP contribution is 2.34. The van der Waals surface area contributed by atoms with Gasteiger partial charge >= 0.3 is 6.09 Å². The second-order valence-electron chi connectivity index (χ2n) is 8.53. The summed E-state index contributed by atoms with van der Waals surface area (Å²) in [6.45, 7) is 7.11. The van der Waals surface area contributed by atoms with Crippen molar-refractivity contribution in [3.8, 4) is 11.1 Å². The SMILES string of the molecule is Cn1cc(-c2cnc3[nH]cc(C4CCCN(C(=O)OC(C)(C)C)C4)c3c2)cn1. The lowest BCUT2D eigenvalue weighted by molar-refractivity contribution is 0.0198. The fourth-order valence-corrected chi connectivity index (χ4v) is 3.81. The number of carbonyl (C=O) groups excluding carboxylic acids is 1. The third kappa shape index (κ3) is 3.74. The van der Waals surface area contributed by atoms with E-state index in [9.17, 15) is 4.79 Å². The number of rotatable bonds is 2. The number of pyridine rings is 1. The zero-order valence-corrected chi connectivity index (χ0v) is 16.9. The van der Waals surface area contributed by atoms with E-state index in [4.69, 9.17) is 4.74 Å². The number of aryl methyl sites for hydroxylation is 1. The Morgan fingerprint density at radius 3 is 2.82 bits per heavy atom. The van der Waals surface area contributed by atoms with Crippen molar-refractivity contribution in [1.82, 2.24) is 24.6 Å². The summed E-state index contributed by atoms with van der Waals surface area (Å²) in [6.07, 6.45) is 9.52. The Morgan fingerprint density at radius 1 is 1.29 bits per heavy atom. The maximum atomic E-state index is 12.5. The number of nitrogens with zero attached hydrogens (tertiary/aromatic N) is 4. The van der Waals surface area contributed by atoms with Gasteiger partial charge in [0.1, 0.15) is 11.2 Å². The van der Waals surface area contributed by atoms with E-state index in [1.54, 1.807) is 4.68 Å². The first-order chi connectivity index (χ1) is 13.3. The summed E-state index contributed by atoms with van der Waals surface area (Å²) >= 11 is 0. The van der Waals surface area contributed by atoms with E-state index in [0.29, 0.717) is 6.54 Å². The lowest BCUT2D eigenvalue weighted by atomic mass is 9.90. The van der Waals surface area contributed by atoms with Gasteiger partial charge in [-0.05, 0) is 45.2 Å². The molecule has 28 heavy (non-hydrogen) atoms. The number of hydrogen-bond donors (Lipinski definition) is 1. The number of H-pyrrole nitrogens is 1. The van der Waals surface area contributed by atoms with Gasteiger partial charge in [-0.15, -0.1) is 0 Å². The standard InChI is InChI=1S/C21H27N5O2/c1-21(2,3)28-20(27)26-7-5-6-14(13-26)18-11-23-19-17(18)8-15(9-22-19)16-10-24-25(4)12-16/h8-12,14H,5-7,13H2,1-4H3,(H,22,23). The molecule has 1 aliphatic rings. The van der Waals surface area contributed by atoms with E-state index in [0.717, 1.165) is 41.5 Å². The second-order valence-corrected chi connectivity index (χ2v) is 8.53. The molecule has 7 nitrogen and oxygen atoms in total. The molecule has 148 valence electrons. The van der Waals surface area contributed by atoms with Crippen molar-refractivity contribution in [1.29, 1.82) is 0 Å². The number of piperidine rings is 1. The minimum atomic E-state index is -0.479. The van der Waals surface area contributed by atoms with E-state index >= 15 is 0 Å². The number of fused-ring (bicyclic) bond motifs is 1. The topological polar surface area (TPSA) is 76.0 Å². The molecule has 1 saturated heterocycles. The van der Waals surface area contributed by atoms with E-state index < -0.39 is 5.60 Å². The number of aromatic amines is 1. The fraction of sp³-hybridized carbons (Fsp3) is 0.476. The summed E-state index contributed by atoms with van der Waals surface area (Å²) in [7, 11) is 1.91. The second kappa shape index (κ2) is 6.96. The van der Waals surface area contributed by atoms with Gasteiger partial charge in [0.2, 0.25) is 0 Å². The Hall–Kier alpha value is -2.83. The zero-order chi connectivity index (χ0) is 19.9. The maximum Gasteiger partial charge on any atom is 0.410 e. The van der Waals surface area contributed by atoms with Crippen LogP contribution >= 0.6 is 0 Å². The quantitative estimate of drug-likeness (QED) is 0.726. The molecule has 0 aromatic carbocycles. The highest BCUT2D eigenvalue weighted by atomic mass is 16.6. The van der Waals surface area contributed by atoms with Crippen LogP contribution in [-0.4, -0.2) is 49.4 Å². The number of nitrogens with one attached hydrogen (secondary N) is 1. The van der Waals surface area contributed by atoms with Crippen LogP contribution in [0.4, 0.5) is 4.79 Å². The summed E-state index contributed by atoms with van der Waals surface area (Å²) in [4.78, 5) is 22.2. The van der Waals surface area contributed by atoms with Crippen molar-refractivity contribution in [2.45, 2.75) is 45.1 Å².